The van der Waals surface area contributed by atoms with Gasteiger partial charge >= 0.3 is 12.1 Å². The normalized spacial score (nSPS) is 12.2. The van der Waals surface area contributed by atoms with Gasteiger partial charge in [0.2, 0.25) is 0 Å². The minimum atomic E-state index is -4.35. The number of rotatable bonds is 3. The van der Waals surface area contributed by atoms with Gasteiger partial charge in [-0.1, -0.05) is 42.5 Å². The van der Waals surface area contributed by atoms with E-state index in [1.807, 2.05) is 0 Å². The lowest BCUT2D eigenvalue weighted by atomic mass is 9.83. The van der Waals surface area contributed by atoms with Gasteiger partial charge in [-0.15, -0.1) is 0 Å². The zero-order valence-corrected chi connectivity index (χ0v) is 12.1. The Kier molecular flexibility index (Phi) is 4.00. The van der Waals surface area contributed by atoms with Crippen LogP contribution in [0.25, 0.3) is 11.1 Å². The van der Waals surface area contributed by atoms with Crippen LogP contribution in [-0.4, -0.2) is 17.3 Å². The number of carbonyl (C=O) groups is 1. The third-order valence-corrected chi connectivity index (χ3v) is 3.78. The largest absolute Gasteiger partial charge is 0.478 e. The van der Waals surface area contributed by atoms with Crippen LogP contribution < -0.4 is 0 Å². The fourth-order valence-corrected chi connectivity index (χ4v) is 2.15. The second kappa shape index (κ2) is 5.48. The highest BCUT2D eigenvalue weighted by molar-refractivity contribution is 5.95. The Hall–Kier alpha value is -2.30. The van der Waals surface area contributed by atoms with Crippen LogP contribution >= 0.6 is 0 Å². The molecule has 0 aliphatic rings. The van der Waals surface area contributed by atoms with E-state index in [0.29, 0.717) is 11.1 Å². The molecule has 2 rings (SSSR count). The van der Waals surface area contributed by atoms with Crippen molar-refractivity contribution >= 4 is 5.97 Å². The maximum atomic E-state index is 13.0. The van der Waals surface area contributed by atoms with Crippen molar-refractivity contribution in [1.82, 2.24) is 0 Å². The van der Waals surface area contributed by atoms with E-state index in [1.165, 1.54) is 30.3 Å². The van der Waals surface area contributed by atoms with Gasteiger partial charge in [0.25, 0.3) is 0 Å². The number of aromatic carboxylic acids is 1. The van der Waals surface area contributed by atoms with E-state index in [9.17, 15) is 18.0 Å². The van der Waals surface area contributed by atoms with Crippen LogP contribution in [0.2, 0.25) is 0 Å². The fourth-order valence-electron chi connectivity index (χ4n) is 2.15. The summed E-state index contributed by atoms with van der Waals surface area (Å²) in [5.41, 5.74) is -0.661. The molecule has 2 nitrogen and oxygen atoms in total. The quantitative estimate of drug-likeness (QED) is 0.876. The van der Waals surface area contributed by atoms with Crippen LogP contribution in [0.4, 0.5) is 13.2 Å². The topological polar surface area (TPSA) is 37.3 Å². The van der Waals surface area contributed by atoms with E-state index in [0.717, 1.165) is 13.8 Å². The number of benzene rings is 2. The molecule has 116 valence electrons. The van der Waals surface area contributed by atoms with Gasteiger partial charge in [0.15, 0.2) is 0 Å². The maximum absolute atomic E-state index is 13.0. The Labute approximate surface area is 126 Å². The van der Waals surface area contributed by atoms with Gasteiger partial charge in [-0.2, -0.15) is 13.2 Å². The zero-order chi connectivity index (χ0) is 16.5. The summed E-state index contributed by atoms with van der Waals surface area (Å²) in [7, 11) is 0. The lowest BCUT2D eigenvalue weighted by Gasteiger charge is -2.28. The predicted molar refractivity (Wildman–Crippen MR) is 77.9 cm³/mol. The van der Waals surface area contributed by atoms with Crippen LogP contribution in [0, 0.1) is 0 Å². The second-order valence-electron chi connectivity index (χ2n) is 5.55. The maximum Gasteiger partial charge on any atom is 0.397 e. The molecule has 0 unspecified atom stereocenters. The Morgan fingerprint density at radius 1 is 0.955 bits per heavy atom. The minimum Gasteiger partial charge on any atom is -0.478 e. The molecule has 0 bridgehead atoms. The van der Waals surface area contributed by atoms with E-state index in [-0.39, 0.29) is 11.1 Å². The molecule has 2 aromatic carbocycles. The van der Waals surface area contributed by atoms with Crippen molar-refractivity contribution in [2.75, 3.05) is 0 Å². The van der Waals surface area contributed by atoms with E-state index in [1.54, 1.807) is 18.2 Å². The number of carboxylic acid groups (broad SMARTS) is 1. The van der Waals surface area contributed by atoms with Crippen molar-refractivity contribution in [2.45, 2.75) is 25.4 Å². The highest BCUT2D eigenvalue weighted by Gasteiger charge is 2.48. The van der Waals surface area contributed by atoms with Crippen molar-refractivity contribution in [3.05, 3.63) is 59.7 Å². The first-order valence-corrected chi connectivity index (χ1v) is 6.64. The third kappa shape index (κ3) is 2.84. The van der Waals surface area contributed by atoms with Crippen LogP contribution in [0.15, 0.2) is 48.5 Å². The average Bonchev–Trinajstić information content (AvgIpc) is 2.46. The first-order chi connectivity index (χ1) is 10.1. The summed E-state index contributed by atoms with van der Waals surface area (Å²) < 4.78 is 39.1. The van der Waals surface area contributed by atoms with Crippen molar-refractivity contribution in [2.24, 2.45) is 0 Å². The third-order valence-electron chi connectivity index (χ3n) is 3.78. The zero-order valence-electron chi connectivity index (χ0n) is 12.1. The summed E-state index contributed by atoms with van der Waals surface area (Å²) in [5, 5.41) is 9.17. The molecule has 0 saturated carbocycles. The van der Waals surface area contributed by atoms with Gasteiger partial charge in [-0.25, -0.2) is 4.79 Å². The molecule has 0 atom stereocenters. The van der Waals surface area contributed by atoms with Gasteiger partial charge in [0.1, 0.15) is 0 Å². The van der Waals surface area contributed by atoms with Crippen molar-refractivity contribution in [1.29, 1.82) is 0 Å². The Bertz CT molecular complexity index is 686. The van der Waals surface area contributed by atoms with Crippen LogP contribution in [0.1, 0.15) is 29.8 Å². The first-order valence-electron chi connectivity index (χ1n) is 6.64. The molecule has 1 N–H and O–H groups in total. The summed E-state index contributed by atoms with van der Waals surface area (Å²) in [5.74, 6) is -1.07. The summed E-state index contributed by atoms with van der Waals surface area (Å²) in [4.78, 5) is 11.2. The lowest BCUT2D eigenvalue weighted by Crippen LogP contribution is -2.36. The highest BCUT2D eigenvalue weighted by atomic mass is 19.4. The van der Waals surface area contributed by atoms with Gasteiger partial charge in [-0.3, -0.25) is 0 Å². The molecular weight excluding hydrogens is 293 g/mol. The smallest absolute Gasteiger partial charge is 0.397 e. The number of hydrogen-bond acceptors (Lipinski definition) is 1. The molecule has 0 heterocycles. The Morgan fingerprint density at radius 3 is 2.00 bits per heavy atom. The van der Waals surface area contributed by atoms with Crippen molar-refractivity contribution < 1.29 is 23.1 Å². The van der Waals surface area contributed by atoms with Gasteiger partial charge in [0, 0.05) is 0 Å². The van der Waals surface area contributed by atoms with E-state index < -0.39 is 17.6 Å². The minimum absolute atomic E-state index is 0.116. The number of halogens is 3. The monoisotopic (exact) mass is 308 g/mol. The number of carboxylic acids is 1. The molecule has 0 amide bonds. The van der Waals surface area contributed by atoms with Crippen LogP contribution in [0.5, 0.6) is 0 Å². The van der Waals surface area contributed by atoms with E-state index >= 15 is 0 Å². The second-order valence-corrected chi connectivity index (χ2v) is 5.55. The lowest BCUT2D eigenvalue weighted by molar-refractivity contribution is -0.180. The van der Waals surface area contributed by atoms with Crippen LogP contribution in [0.3, 0.4) is 0 Å². The van der Waals surface area contributed by atoms with Gasteiger partial charge in [0.05, 0.1) is 11.0 Å². The Balaban J connectivity index is 2.45. The molecule has 22 heavy (non-hydrogen) atoms. The van der Waals surface area contributed by atoms with Crippen LogP contribution in [-0.2, 0) is 5.41 Å². The van der Waals surface area contributed by atoms with Crippen molar-refractivity contribution in [3.63, 3.8) is 0 Å². The molecule has 5 heteroatoms. The van der Waals surface area contributed by atoms with Crippen molar-refractivity contribution in [3.8, 4) is 11.1 Å². The van der Waals surface area contributed by atoms with E-state index in [2.05, 4.69) is 0 Å². The number of alkyl halides is 3. The molecule has 0 saturated heterocycles. The van der Waals surface area contributed by atoms with Gasteiger partial charge < -0.3 is 5.11 Å². The molecule has 0 fully saturated rings. The first kappa shape index (κ1) is 16.1. The molecule has 0 spiro atoms. The average molecular weight is 308 g/mol. The Morgan fingerprint density at radius 2 is 1.50 bits per heavy atom. The highest BCUT2D eigenvalue weighted by Crippen LogP contribution is 2.40. The standard InChI is InChI=1S/C17H15F3O2/c1-16(2,17(18,19)20)12-9-7-11(8-10-12)13-5-3-4-6-14(13)15(21)22/h3-10H,1-2H3,(H,21,22). The summed E-state index contributed by atoms with van der Waals surface area (Å²) in [6, 6.07) is 12.2. The molecule has 0 aliphatic heterocycles. The van der Waals surface area contributed by atoms with Gasteiger partial charge in [-0.05, 0) is 36.6 Å². The molecular formula is C17H15F3O2. The van der Waals surface area contributed by atoms with E-state index in [4.69, 9.17) is 5.11 Å². The predicted octanol–water partition coefficient (Wildman–Crippen LogP) is 4.89. The molecule has 0 radical (unpaired) electrons. The molecule has 2 aromatic rings. The summed E-state index contributed by atoms with van der Waals surface area (Å²) >= 11 is 0. The SMILES string of the molecule is CC(C)(c1ccc(-c2ccccc2C(=O)O)cc1)C(F)(F)F. The number of hydrogen-bond donors (Lipinski definition) is 1. The molecule has 0 aromatic heterocycles. The summed E-state index contributed by atoms with van der Waals surface area (Å²) in [6.45, 7) is 2.24. The molecule has 0 aliphatic carbocycles. The fraction of sp³-hybridized carbons (Fsp3) is 0.235. The summed E-state index contributed by atoms with van der Waals surface area (Å²) in [6.07, 6.45) is -4.35.